The van der Waals surface area contributed by atoms with E-state index in [1.54, 1.807) is 28.8 Å². The minimum atomic E-state index is -0.539. The zero-order valence-electron chi connectivity index (χ0n) is 15.2. The number of nitrogens with zero attached hydrogens (tertiary/aromatic N) is 2. The Kier molecular flexibility index (Phi) is 7.68. The van der Waals surface area contributed by atoms with E-state index in [-0.39, 0.29) is 22.5 Å². The summed E-state index contributed by atoms with van der Waals surface area (Å²) in [6, 6.07) is 13.6. The van der Waals surface area contributed by atoms with Crippen molar-refractivity contribution in [2.45, 2.75) is 0 Å². The van der Waals surface area contributed by atoms with Crippen LogP contribution in [0.3, 0.4) is 0 Å². The lowest BCUT2D eigenvalue weighted by molar-refractivity contribution is -0.00000668. The number of hydrogen-bond donors (Lipinski definition) is 0. The quantitative estimate of drug-likeness (QED) is 0.336. The van der Waals surface area contributed by atoms with Crippen molar-refractivity contribution >= 4 is 63.4 Å². The first-order valence-electron chi connectivity index (χ1n) is 8.44. The fourth-order valence-corrected chi connectivity index (χ4v) is 4.46. The summed E-state index contributed by atoms with van der Waals surface area (Å²) >= 11 is 25.8. The van der Waals surface area contributed by atoms with Crippen molar-refractivity contribution in [3.63, 3.8) is 0 Å². The van der Waals surface area contributed by atoms with Crippen LogP contribution < -0.4 is 17.2 Å². The molecule has 0 radical (unpaired) electrons. The van der Waals surface area contributed by atoms with Crippen LogP contribution in [-0.4, -0.2) is 4.57 Å². The summed E-state index contributed by atoms with van der Waals surface area (Å²) < 4.78 is 29.0. The van der Waals surface area contributed by atoms with Crippen molar-refractivity contribution in [2.24, 2.45) is 4.99 Å². The van der Waals surface area contributed by atoms with Gasteiger partial charge in [0.1, 0.15) is 11.6 Å². The number of rotatable bonds is 3. The molecule has 0 saturated carbocycles. The number of benzene rings is 3. The van der Waals surface area contributed by atoms with Gasteiger partial charge in [-0.3, -0.25) is 4.57 Å². The van der Waals surface area contributed by atoms with E-state index in [9.17, 15) is 8.78 Å². The number of thiazole rings is 1. The highest BCUT2D eigenvalue weighted by molar-refractivity contribution is 7.07. The van der Waals surface area contributed by atoms with Gasteiger partial charge in [0.2, 0.25) is 0 Å². The Labute approximate surface area is 206 Å². The molecule has 3 aromatic carbocycles. The zero-order valence-corrected chi connectivity index (χ0v) is 19.8. The summed E-state index contributed by atoms with van der Waals surface area (Å²) in [5.74, 6) is -1.08. The topological polar surface area (TPSA) is 17.3 Å². The first kappa shape index (κ1) is 24.1. The van der Waals surface area contributed by atoms with Crippen LogP contribution in [-0.2, 0) is 0 Å². The molecule has 0 aliphatic rings. The summed E-state index contributed by atoms with van der Waals surface area (Å²) in [6.45, 7) is 0. The molecule has 0 unspecified atom stereocenters. The van der Waals surface area contributed by atoms with Gasteiger partial charge in [0, 0.05) is 16.0 Å². The molecular weight excluding hydrogens is 528 g/mol. The maximum atomic E-state index is 13.8. The predicted molar refractivity (Wildman–Crippen MR) is 121 cm³/mol. The molecule has 0 fully saturated rings. The molecule has 0 spiro atoms. The molecule has 1 aromatic heterocycles. The zero-order chi connectivity index (χ0) is 21.4. The van der Waals surface area contributed by atoms with Gasteiger partial charge in [0.15, 0.2) is 4.80 Å². The first-order valence-corrected chi connectivity index (χ1v) is 10.8. The fourth-order valence-electron chi connectivity index (χ4n) is 2.81. The Morgan fingerprint density at radius 2 is 1.45 bits per heavy atom. The minimum absolute atomic E-state index is 0. The van der Waals surface area contributed by atoms with Crippen molar-refractivity contribution in [1.29, 1.82) is 0 Å². The maximum absolute atomic E-state index is 13.8. The fraction of sp³-hybridized carbons (Fsp3) is 0. The molecule has 4 aromatic rings. The lowest BCUT2D eigenvalue weighted by Gasteiger charge is -2.12. The average molecular weight is 538 g/mol. The second kappa shape index (κ2) is 9.90. The molecule has 0 atom stereocenters. The van der Waals surface area contributed by atoms with Crippen LogP contribution in [0.5, 0.6) is 0 Å². The second-order valence-electron chi connectivity index (χ2n) is 6.17. The third-order valence-electron chi connectivity index (χ3n) is 4.20. The lowest BCUT2D eigenvalue weighted by Crippen LogP contribution is -3.00. The van der Waals surface area contributed by atoms with Crippen molar-refractivity contribution in [3.8, 4) is 16.9 Å². The van der Waals surface area contributed by atoms with Gasteiger partial charge in [-0.2, -0.15) is 0 Å². The highest BCUT2D eigenvalue weighted by atomic mass is 35.5. The molecule has 0 bridgehead atoms. The summed E-state index contributed by atoms with van der Waals surface area (Å²) in [5.41, 5.74) is 2.37. The van der Waals surface area contributed by atoms with Gasteiger partial charge in [-0.05, 0) is 54.6 Å². The largest absolute Gasteiger partial charge is 1.00 e. The Bertz CT molecular complexity index is 1330. The van der Waals surface area contributed by atoms with Crippen LogP contribution in [0.2, 0.25) is 20.1 Å². The normalized spacial score (nSPS) is 11.5. The third kappa shape index (κ3) is 5.08. The standard InChI is InChI=1S/C21H10Cl4F2N2S.ClH/c22-11-1-4-15(23)14(7-11)20-10-30-21(28-12-2-5-18(26)16(24)8-12)29(20)13-3-6-19(27)17(25)9-13;/h1-10H;1H/p-1. The molecule has 0 aliphatic carbocycles. The molecule has 2 nitrogen and oxygen atoms in total. The lowest BCUT2D eigenvalue weighted by atomic mass is 10.1. The number of aromatic nitrogens is 1. The first-order chi connectivity index (χ1) is 14.3. The summed E-state index contributed by atoms with van der Waals surface area (Å²) in [6.07, 6.45) is 0. The van der Waals surface area contributed by atoms with Gasteiger partial charge >= 0.3 is 0 Å². The average Bonchev–Trinajstić information content (AvgIpc) is 3.12. The third-order valence-corrected chi connectivity index (χ3v) is 6.17. The van der Waals surface area contributed by atoms with Gasteiger partial charge < -0.3 is 12.4 Å². The highest BCUT2D eigenvalue weighted by Crippen LogP contribution is 2.33. The van der Waals surface area contributed by atoms with E-state index in [0.29, 0.717) is 37.5 Å². The maximum Gasteiger partial charge on any atom is 0.195 e. The van der Waals surface area contributed by atoms with Crippen LogP contribution in [0, 0.1) is 11.6 Å². The molecule has 1 heterocycles. The van der Waals surface area contributed by atoms with Crippen LogP contribution in [0.25, 0.3) is 16.9 Å². The van der Waals surface area contributed by atoms with E-state index >= 15 is 0 Å². The van der Waals surface area contributed by atoms with Crippen molar-refractivity contribution in [2.75, 3.05) is 0 Å². The Morgan fingerprint density at radius 3 is 2.13 bits per heavy atom. The van der Waals surface area contributed by atoms with E-state index in [1.165, 1.54) is 41.7 Å². The van der Waals surface area contributed by atoms with Gasteiger partial charge in [-0.15, -0.1) is 11.3 Å². The molecule has 0 amide bonds. The van der Waals surface area contributed by atoms with Gasteiger partial charge in [0.05, 0.1) is 32.1 Å². The Balaban J connectivity index is 0.00000272. The molecule has 0 N–H and O–H groups in total. The predicted octanol–water partition coefficient (Wildman–Crippen LogP) is 5.33. The summed E-state index contributed by atoms with van der Waals surface area (Å²) in [5, 5.41) is 2.76. The number of hydrogen-bond acceptors (Lipinski definition) is 2. The van der Waals surface area contributed by atoms with Crippen molar-refractivity contribution in [3.05, 3.63) is 96.5 Å². The Hall–Kier alpha value is -1.60. The van der Waals surface area contributed by atoms with Crippen molar-refractivity contribution < 1.29 is 21.2 Å². The second-order valence-corrected chi connectivity index (χ2v) is 8.67. The molecule has 160 valence electrons. The van der Waals surface area contributed by atoms with Gasteiger partial charge in [-0.1, -0.05) is 46.4 Å². The van der Waals surface area contributed by atoms with Crippen molar-refractivity contribution in [1.82, 2.24) is 4.57 Å². The minimum Gasteiger partial charge on any atom is -1.00 e. The van der Waals surface area contributed by atoms with E-state index in [1.807, 2.05) is 5.38 Å². The summed E-state index contributed by atoms with van der Waals surface area (Å²) in [4.78, 5) is 5.11. The number of halogens is 7. The summed E-state index contributed by atoms with van der Waals surface area (Å²) in [7, 11) is 0. The monoisotopic (exact) mass is 535 g/mol. The molecule has 10 heteroatoms. The van der Waals surface area contributed by atoms with Crippen LogP contribution in [0.4, 0.5) is 14.5 Å². The smallest absolute Gasteiger partial charge is 0.195 e. The van der Waals surface area contributed by atoms with E-state index in [2.05, 4.69) is 4.99 Å². The van der Waals surface area contributed by atoms with Gasteiger partial charge in [-0.25, -0.2) is 13.8 Å². The molecule has 0 aliphatic heterocycles. The van der Waals surface area contributed by atoms with Crippen LogP contribution in [0.1, 0.15) is 0 Å². The Morgan fingerprint density at radius 1 is 0.774 bits per heavy atom. The van der Waals surface area contributed by atoms with Gasteiger partial charge in [0.25, 0.3) is 0 Å². The van der Waals surface area contributed by atoms with E-state index in [4.69, 9.17) is 46.4 Å². The molecule has 0 saturated heterocycles. The van der Waals surface area contributed by atoms with Crippen LogP contribution >= 0.6 is 57.7 Å². The molecule has 31 heavy (non-hydrogen) atoms. The van der Waals surface area contributed by atoms with Crippen LogP contribution in [0.15, 0.2) is 65.0 Å². The van der Waals surface area contributed by atoms with E-state index < -0.39 is 11.6 Å². The molecular formula is C21H10Cl5F2N2S-. The highest BCUT2D eigenvalue weighted by Gasteiger charge is 2.15. The molecule has 4 rings (SSSR count). The van der Waals surface area contributed by atoms with E-state index in [0.717, 1.165) is 0 Å². The SMILES string of the molecule is Fc1ccc(N=c2scc(-c3cc(Cl)ccc3Cl)n2-c2ccc(F)c(Cl)c2)cc1Cl.[Cl-].